The average molecular weight is 398 g/mol. The molecule has 3 rings (SSSR count). The Hall–Kier alpha value is -2.34. The molecule has 0 amide bonds. The van der Waals surface area contributed by atoms with Crippen LogP contribution in [0.3, 0.4) is 0 Å². The molecule has 2 aromatic rings. The first-order valence-corrected chi connectivity index (χ1v) is 10.8. The summed E-state index contributed by atoms with van der Waals surface area (Å²) in [5, 5.41) is 11.3. The van der Waals surface area contributed by atoms with Crippen LogP contribution in [-0.2, 0) is 17.7 Å². The van der Waals surface area contributed by atoms with Gasteiger partial charge in [-0.2, -0.15) is 5.10 Å². The highest BCUT2D eigenvalue weighted by Gasteiger charge is 2.19. The summed E-state index contributed by atoms with van der Waals surface area (Å²) in [5.74, 6) is 0.848. The number of hydrogen-bond acceptors (Lipinski definition) is 3. The van der Waals surface area contributed by atoms with Crippen LogP contribution in [0.1, 0.15) is 54.3 Å². The van der Waals surface area contributed by atoms with Gasteiger partial charge in [0.15, 0.2) is 5.96 Å². The van der Waals surface area contributed by atoms with E-state index in [0.29, 0.717) is 0 Å². The molecule has 0 fully saturated rings. The van der Waals surface area contributed by atoms with Crippen LogP contribution in [0.25, 0.3) is 0 Å². The number of fused-ring (bicyclic) bond motifs is 1. The largest absolute Gasteiger partial charge is 0.373 e. The van der Waals surface area contributed by atoms with E-state index in [1.165, 1.54) is 29.7 Å². The SMILES string of the molecule is CN=C(NCCCOC1CCCc2ccccc21)NCCCn1nc(C)cc1C. The van der Waals surface area contributed by atoms with Crippen molar-refractivity contribution in [3.8, 4) is 0 Å². The zero-order chi connectivity index (χ0) is 20.5. The van der Waals surface area contributed by atoms with Gasteiger partial charge in [-0.05, 0) is 63.1 Å². The van der Waals surface area contributed by atoms with Crippen molar-refractivity contribution in [3.05, 3.63) is 52.8 Å². The van der Waals surface area contributed by atoms with E-state index < -0.39 is 0 Å². The second kappa shape index (κ2) is 11.0. The Morgan fingerprint density at radius 3 is 2.76 bits per heavy atom. The normalized spacial score (nSPS) is 16.5. The summed E-state index contributed by atoms with van der Waals surface area (Å²) in [6.07, 6.45) is 5.75. The third-order valence-electron chi connectivity index (χ3n) is 5.41. The summed E-state index contributed by atoms with van der Waals surface area (Å²) in [6.45, 7) is 7.53. The lowest BCUT2D eigenvalue weighted by Gasteiger charge is -2.25. The fourth-order valence-electron chi connectivity index (χ4n) is 3.94. The van der Waals surface area contributed by atoms with Crippen LogP contribution < -0.4 is 10.6 Å². The number of nitrogens with one attached hydrogen (secondary N) is 2. The Morgan fingerprint density at radius 2 is 2.00 bits per heavy atom. The first-order valence-electron chi connectivity index (χ1n) is 10.8. The van der Waals surface area contributed by atoms with Gasteiger partial charge in [0.1, 0.15) is 0 Å². The molecule has 158 valence electrons. The molecule has 0 spiro atoms. The summed E-state index contributed by atoms with van der Waals surface area (Å²) in [5.41, 5.74) is 5.12. The molecule has 0 bridgehead atoms. The summed E-state index contributed by atoms with van der Waals surface area (Å²) in [4.78, 5) is 4.30. The zero-order valence-corrected chi connectivity index (χ0v) is 18.1. The summed E-state index contributed by atoms with van der Waals surface area (Å²) in [6, 6.07) is 10.8. The minimum atomic E-state index is 0.256. The van der Waals surface area contributed by atoms with Crippen LogP contribution in [0.4, 0.5) is 0 Å². The minimum Gasteiger partial charge on any atom is -0.373 e. The van der Waals surface area contributed by atoms with Crippen molar-refractivity contribution in [2.45, 2.75) is 58.6 Å². The number of ether oxygens (including phenoxy) is 1. The van der Waals surface area contributed by atoms with Gasteiger partial charge >= 0.3 is 0 Å². The highest BCUT2D eigenvalue weighted by Crippen LogP contribution is 2.32. The quantitative estimate of drug-likeness (QED) is 0.386. The standard InChI is InChI=1S/C23H35N5O/c1-18-17-19(2)28(27-18)15-7-13-25-23(24-3)26-14-8-16-29-22-12-6-10-20-9-4-5-11-21(20)22/h4-5,9,11,17,22H,6-8,10,12-16H2,1-3H3,(H2,24,25,26). The van der Waals surface area contributed by atoms with Crippen LogP contribution >= 0.6 is 0 Å². The molecule has 0 aliphatic heterocycles. The van der Waals surface area contributed by atoms with Gasteiger partial charge in [0.05, 0.1) is 11.8 Å². The molecular formula is C23H35N5O. The van der Waals surface area contributed by atoms with Gasteiger partial charge in [-0.15, -0.1) is 0 Å². The van der Waals surface area contributed by atoms with E-state index in [2.05, 4.69) is 62.7 Å². The van der Waals surface area contributed by atoms with E-state index in [1.807, 2.05) is 14.0 Å². The number of nitrogens with zero attached hydrogens (tertiary/aromatic N) is 3. The number of guanidine groups is 1. The van der Waals surface area contributed by atoms with Gasteiger partial charge in [-0.1, -0.05) is 24.3 Å². The van der Waals surface area contributed by atoms with Crippen molar-refractivity contribution in [2.75, 3.05) is 26.7 Å². The molecule has 0 radical (unpaired) electrons. The Morgan fingerprint density at radius 1 is 1.21 bits per heavy atom. The van der Waals surface area contributed by atoms with Crippen molar-refractivity contribution < 1.29 is 4.74 Å². The Bertz CT molecular complexity index is 798. The lowest BCUT2D eigenvalue weighted by molar-refractivity contribution is 0.0398. The maximum absolute atomic E-state index is 6.18. The zero-order valence-electron chi connectivity index (χ0n) is 18.1. The molecule has 6 heteroatoms. The maximum atomic E-state index is 6.18. The second-order valence-electron chi connectivity index (χ2n) is 7.73. The van der Waals surface area contributed by atoms with E-state index in [9.17, 15) is 0 Å². The van der Waals surface area contributed by atoms with E-state index in [0.717, 1.165) is 57.2 Å². The molecule has 1 aromatic heterocycles. The van der Waals surface area contributed by atoms with E-state index in [1.54, 1.807) is 0 Å². The topological polar surface area (TPSA) is 63.5 Å². The van der Waals surface area contributed by atoms with Gasteiger partial charge in [0.2, 0.25) is 0 Å². The van der Waals surface area contributed by atoms with Gasteiger partial charge in [-0.3, -0.25) is 9.67 Å². The molecule has 29 heavy (non-hydrogen) atoms. The van der Waals surface area contributed by atoms with Gasteiger partial charge < -0.3 is 15.4 Å². The molecule has 1 aliphatic carbocycles. The Labute approximate surface area is 174 Å². The lowest BCUT2D eigenvalue weighted by atomic mass is 9.89. The fraction of sp³-hybridized carbons (Fsp3) is 0.565. The maximum Gasteiger partial charge on any atom is 0.190 e. The number of aliphatic imine (C=N–C) groups is 1. The van der Waals surface area contributed by atoms with Crippen LogP contribution in [0.2, 0.25) is 0 Å². The minimum absolute atomic E-state index is 0.256. The summed E-state index contributed by atoms with van der Waals surface area (Å²) >= 11 is 0. The Kier molecular flexibility index (Phi) is 8.11. The molecule has 1 unspecified atom stereocenters. The first-order chi connectivity index (χ1) is 14.2. The smallest absolute Gasteiger partial charge is 0.190 e. The van der Waals surface area contributed by atoms with Crippen molar-refractivity contribution in [1.82, 2.24) is 20.4 Å². The van der Waals surface area contributed by atoms with Gasteiger partial charge in [0.25, 0.3) is 0 Å². The monoisotopic (exact) mass is 397 g/mol. The molecule has 1 aliphatic rings. The fourth-order valence-corrected chi connectivity index (χ4v) is 3.94. The predicted molar refractivity (Wildman–Crippen MR) is 118 cm³/mol. The molecule has 0 saturated heterocycles. The van der Waals surface area contributed by atoms with E-state index in [-0.39, 0.29) is 6.10 Å². The third kappa shape index (κ3) is 6.32. The van der Waals surface area contributed by atoms with Gasteiger partial charge in [-0.25, -0.2) is 0 Å². The molecule has 2 N–H and O–H groups in total. The van der Waals surface area contributed by atoms with Gasteiger partial charge in [0, 0.05) is 39.0 Å². The van der Waals surface area contributed by atoms with Crippen molar-refractivity contribution in [3.63, 3.8) is 0 Å². The van der Waals surface area contributed by atoms with Crippen LogP contribution in [-0.4, -0.2) is 42.5 Å². The summed E-state index contributed by atoms with van der Waals surface area (Å²) < 4.78 is 8.24. The van der Waals surface area contributed by atoms with Crippen molar-refractivity contribution >= 4 is 5.96 Å². The number of hydrogen-bond donors (Lipinski definition) is 2. The van der Waals surface area contributed by atoms with Crippen molar-refractivity contribution in [1.29, 1.82) is 0 Å². The molecular weight excluding hydrogens is 362 g/mol. The number of aromatic nitrogens is 2. The highest BCUT2D eigenvalue weighted by atomic mass is 16.5. The average Bonchev–Trinajstić information content (AvgIpc) is 3.06. The first kappa shape index (κ1) is 21.4. The second-order valence-corrected chi connectivity index (χ2v) is 7.73. The highest BCUT2D eigenvalue weighted by molar-refractivity contribution is 5.79. The van der Waals surface area contributed by atoms with E-state index >= 15 is 0 Å². The van der Waals surface area contributed by atoms with Crippen LogP contribution in [0.15, 0.2) is 35.3 Å². The van der Waals surface area contributed by atoms with Crippen molar-refractivity contribution in [2.24, 2.45) is 4.99 Å². The van der Waals surface area contributed by atoms with E-state index in [4.69, 9.17) is 4.74 Å². The molecule has 1 aromatic carbocycles. The predicted octanol–water partition coefficient (Wildman–Crippen LogP) is 3.54. The third-order valence-corrected chi connectivity index (χ3v) is 5.41. The molecule has 6 nitrogen and oxygen atoms in total. The van der Waals surface area contributed by atoms with Crippen LogP contribution in [0.5, 0.6) is 0 Å². The number of rotatable bonds is 9. The molecule has 0 saturated carbocycles. The number of benzene rings is 1. The summed E-state index contributed by atoms with van der Waals surface area (Å²) in [7, 11) is 1.81. The van der Waals surface area contributed by atoms with Crippen LogP contribution in [0, 0.1) is 13.8 Å². The lowest BCUT2D eigenvalue weighted by Crippen LogP contribution is -2.38. The molecule has 1 atom stereocenters. The molecule has 1 heterocycles. The number of aryl methyl sites for hydroxylation is 4. The Balaban J connectivity index is 1.29.